The standard InChI is InChI=1S/C45H69N6Si.3ClH.Ti/c1-26-27(2)32(7)42(31(26)6)52(43-33(8)28(3)36(46(11)12)23-39(43)49(17)18,44-34(9)29(4)37(47(13)14)24-40(44)50(19)20)45-35(10)30(5)38(48(15)16)25-41(45)51(21)22;;;;/h23-25H,1-22H3;3*1H;/q-1;;;;+4/p-3. The van der Waals surface area contributed by atoms with E-state index in [0.29, 0.717) is 0 Å². The van der Waals surface area contributed by atoms with Gasteiger partial charge in [0.1, 0.15) is 0 Å². The summed E-state index contributed by atoms with van der Waals surface area (Å²) in [6, 6.07) is 7.43. The molecule has 56 heavy (non-hydrogen) atoms. The molecule has 0 atom stereocenters. The summed E-state index contributed by atoms with van der Waals surface area (Å²) in [6.07, 6.45) is 0. The third kappa shape index (κ3) is 8.38. The number of halogens is 3. The van der Waals surface area contributed by atoms with Crippen molar-refractivity contribution in [3.8, 4) is 0 Å². The first-order valence-electron chi connectivity index (χ1n) is 18.7. The topological polar surface area (TPSA) is 19.4 Å². The first-order chi connectivity index (χ1) is 24.0. The molecule has 0 spiro atoms. The minimum atomic E-state index is -3.30. The zero-order valence-corrected chi connectivity index (χ0v) is 43.4. The molecule has 0 N–H and O–H groups in total. The number of anilines is 6. The van der Waals surface area contributed by atoms with Gasteiger partial charge in [-0.1, -0.05) is 27.7 Å². The number of hydrogen-bond acceptors (Lipinski definition) is 6. The third-order valence-electron chi connectivity index (χ3n) is 12.4. The van der Waals surface area contributed by atoms with Crippen LogP contribution in [0.4, 0.5) is 34.1 Å². The summed E-state index contributed by atoms with van der Waals surface area (Å²) < 4.78 is 0. The van der Waals surface area contributed by atoms with Crippen molar-refractivity contribution in [2.45, 2.75) is 69.2 Å². The molecule has 0 aliphatic carbocycles. The van der Waals surface area contributed by atoms with E-state index in [0.717, 1.165) is 0 Å². The summed E-state index contributed by atoms with van der Waals surface area (Å²) >= 11 is 0. The van der Waals surface area contributed by atoms with Crippen LogP contribution in [0.1, 0.15) is 55.6 Å². The van der Waals surface area contributed by atoms with Gasteiger partial charge in [-0.15, -0.1) is 0 Å². The van der Waals surface area contributed by atoms with Gasteiger partial charge in [-0.25, -0.2) is 0 Å². The summed E-state index contributed by atoms with van der Waals surface area (Å²) in [5.41, 5.74) is 21.5. The van der Waals surface area contributed by atoms with Gasteiger partial charge in [-0.05, 0) is 109 Å². The zero-order valence-electron chi connectivity index (χ0n) is 38.5. The van der Waals surface area contributed by atoms with Gasteiger partial charge in [-0.2, -0.15) is 27.4 Å². The van der Waals surface area contributed by atoms with Crippen molar-refractivity contribution in [1.29, 1.82) is 0 Å². The van der Waals surface area contributed by atoms with Gasteiger partial charge in [-0.3, -0.25) is 0 Å². The molecule has 0 heterocycles. The number of nitrogens with zero attached hydrogens (tertiary/aromatic N) is 6. The summed E-state index contributed by atoms with van der Waals surface area (Å²) in [5, 5.41) is 6.01. The Balaban J connectivity index is 0.00000756. The Hall–Kier alpha value is -2.39. The van der Waals surface area contributed by atoms with Gasteiger partial charge in [0, 0.05) is 119 Å². The van der Waals surface area contributed by atoms with Crippen molar-refractivity contribution in [2.24, 2.45) is 0 Å². The fourth-order valence-corrected chi connectivity index (χ4v) is 16.3. The summed E-state index contributed by atoms with van der Waals surface area (Å²) in [7, 11) is 23.2. The van der Waals surface area contributed by atoms with Crippen LogP contribution in [0.25, 0.3) is 0 Å². The van der Waals surface area contributed by atoms with Crippen molar-refractivity contribution in [1.82, 2.24) is 0 Å². The van der Waals surface area contributed by atoms with Crippen molar-refractivity contribution >= 4 is 62.9 Å². The van der Waals surface area contributed by atoms with Gasteiger partial charge in [0.25, 0.3) is 0 Å². The second-order valence-corrected chi connectivity index (χ2v) is 20.1. The maximum Gasteiger partial charge on any atom is 4.00 e. The van der Waals surface area contributed by atoms with E-state index in [-0.39, 0.29) is 58.9 Å². The predicted molar refractivity (Wildman–Crippen MR) is 239 cm³/mol. The monoisotopic (exact) mass is 874 g/mol. The minimum absolute atomic E-state index is 0. The molecule has 0 bridgehead atoms. The van der Waals surface area contributed by atoms with Gasteiger partial charge < -0.3 is 66.6 Å². The van der Waals surface area contributed by atoms with E-state index >= 15 is 0 Å². The molecule has 11 heteroatoms. The predicted octanol–water partition coefficient (Wildman–Crippen LogP) is -2.73. The molecular weight excluding hydrogens is 807 g/mol. The fourth-order valence-electron chi connectivity index (χ4n) is 9.05. The molecule has 0 unspecified atom stereocenters. The number of benzene rings is 3. The van der Waals surface area contributed by atoms with Crippen LogP contribution in [-0.4, -0.2) is 92.6 Å². The summed E-state index contributed by atoms with van der Waals surface area (Å²) in [6.45, 7) is 23.8. The largest absolute Gasteiger partial charge is 4.00 e. The van der Waals surface area contributed by atoms with E-state index in [2.05, 4.69) is 201 Å². The molecule has 0 amide bonds. The Bertz CT molecular complexity index is 1820. The summed E-state index contributed by atoms with van der Waals surface area (Å²) in [5.74, 6) is 0. The number of rotatable bonds is 10. The Kier molecular flexibility index (Phi) is 18.7. The van der Waals surface area contributed by atoms with E-state index in [4.69, 9.17) is 0 Å². The minimum Gasteiger partial charge on any atom is -1.00 e. The first-order valence-corrected chi connectivity index (χ1v) is 20.7. The van der Waals surface area contributed by atoms with Crippen molar-refractivity contribution in [3.05, 3.63) is 73.8 Å². The Morgan fingerprint density at radius 2 is 0.589 bits per heavy atom. The molecule has 4 aromatic carbocycles. The average molecular weight is 876 g/mol. The van der Waals surface area contributed by atoms with Crippen LogP contribution in [0.3, 0.4) is 0 Å². The molecule has 6 nitrogen and oxygen atoms in total. The average Bonchev–Trinajstić information content (AvgIpc) is 3.23. The smallest absolute Gasteiger partial charge is 1.00 e. The van der Waals surface area contributed by atoms with E-state index in [1.807, 2.05) is 0 Å². The second kappa shape index (κ2) is 19.6. The molecular formula is C45H69Cl3N6SiTi. The Morgan fingerprint density at radius 3 is 0.768 bits per heavy atom. The van der Waals surface area contributed by atoms with Crippen LogP contribution in [0, 0.1) is 69.2 Å². The molecule has 4 rings (SSSR count). The van der Waals surface area contributed by atoms with Crippen molar-refractivity contribution in [2.75, 3.05) is 114 Å². The van der Waals surface area contributed by atoms with Crippen LogP contribution >= 0.6 is 0 Å². The maximum absolute atomic E-state index is 3.30. The van der Waals surface area contributed by atoms with Crippen LogP contribution in [0.5, 0.6) is 0 Å². The van der Waals surface area contributed by atoms with Crippen molar-refractivity contribution < 1.29 is 58.9 Å². The van der Waals surface area contributed by atoms with Gasteiger partial charge >= 0.3 is 21.7 Å². The van der Waals surface area contributed by atoms with Crippen LogP contribution in [0.2, 0.25) is 0 Å². The maximum atomic E-state index is 2.48. The Morgan fingerprint density at radius 1 is 0.357 bits per heavy atom. The van der Waals surface area contributed by atoms with Gasteiger partial charge in [0.2, 0.25) is 0 Å². The first kappa shape index (κ1) is 53.6. The zero-order chi connectivity index (χ0) is 39.6. The summed E-state index contributed by atoms with van der Waals surface area (Å²) in [4.78, 5) is 14.0. The van der Waals surface area contributed by atoms with Crippen LogP contribution in [0.15, 0.2) is 18.2 Å². The fraction of sp³-hybridized carbons (Fsp3) is 0.489. The quantitative estimate of drug-likeness (QED) is 0.0975. The molecule has 0 aliphatic rings. The van der Waals surface area contributed by atoms with Crippen LogP contribution in [-0.2, 0) is 21.7 Å². The molecule has 0 aliphatic heterocycles. The van der Waals surface area contributed by atoms with E-state index in [1.54, 1.807) is 0 Å². The molecule has 308 valence electrons. The third-order valence-corrected chi connectivity index (χ3v) is 18.0. The molecule has 0 saturated heterocycles. The molecule has 0 fully saturated rings. The number of hydrogen-bond donors (Lipinski definition) is 0. The molecule has 0 saturated carbocycles. The van der Waals surface area contributed by atoms with E-state index in [9.17, 15) is 0 Å². The normalized spacial score (nSPS) is 10.8. The SMILES string of the molecule is Cc1c(N(C)C)cc(N(C)C)c([Si](c2c(N(C)C)cc(N(C)C)c(C)c2C)(c2c(N(C)C)cc(N(C)C)c(C)c2C)c2c(C)c(C)c(C)[c-]2C)c1C.[Cl-].[Cl-].[Cl-].[Ti+4]. The molecule has 4 aromatic rings. The van der Waals surface area contributed by atoms with E-state index in [1.165, 1.54) is 111 Å². The van der Waals surface area contributed by atoms with Crippen molar-refractivity contribution in [3.63, 3.8) is 0 Å². The Labute approximate surface area is 376 Å². The molecule has 0 radical (unpaired) electrons. The molecule has 0 aromatic heterocycles. The van der Waals surface area contributed by atoms with Gasteiger partial charge in [0.05, 0.1) is 0 Å². The van der Waals surface area contributed by atoms with Crippen LogP contribution < -0.4 is 87.4 Å². The van der Waals surface area contributed by atoms with Gasteiger partial charge in [0.15, 0.2) is 8.07 Å². The second-order valence-electron chi connectivity index (χ2n) is 16.6. The van der Waals surface area contributed by atoms with E-state index < -0.39 is 8.07 Å².